The van der Waals surface area contributed by atoms with Gasteiger partial charge in [-0.2, -0.15) is 0 Å². The van der Waals surface area contributed by atoms with E-state index in [9.17, 15) is 0 Å². The van der Waals surface area contributed by atoms with Crippen LogP contribution in [0.25, 0.3) is 10.9 Å². The molecule has 0 radical (unpaired) electrons. The van der Waals surface area contributed by atoms with E-state index >= 15 is 0 Å². The summed E-state index contributed by atoms with van der Waals surface area (Å²) in [4.78, 5) is 7.26. The van der Waals surface area contributed by atoms with E-state index < -0.39 is 0 Å². The lowest BCUT2D eigenvalue weighted by molar-refractivity contribution is 0.545. The molecule has 1 heterocycles. The van der Waals surface area contributed by atoms with Crippen LogP contribution >= 0.6 is 0 Å². The number of aromatic nitrogens is 1. The Balaban J connectivity index is 2.42. The smallest absolute Gasteiger partial charge is 0.129 e. The monoisotopic (exact) mass is 285 g/mol. The second kappa shape index (κ2) is 7.41. The number of benzene rings is 1. The number of para-hydroxylation sites is 1. The zero-order valence-electron chi connectivity index (χ0n) is 13.7. The van der Waals surface area contributed by atoms with Gasteiger partial charge in [-0.3, -0.25) is 0 Å². The minimum absolute atomic E-state index is 0.686. The normalized spacial score (nSPS) is 12.6. The molecular weight excluding hydrogens is 258 g/mol. The molecule has 1 unspecified atom stereocenters. The zero-order chi connectivity index (χ0) is 15.2. The standard InChI is InChI=1S/C18H27N3/c1-5-14(3)13-21(6-2)18-11-15(12-19-4)16-9-7-8-10-17(16)20-18/h7-11,14,19H,5-6,12-13H2,1-4H3. The van der Waals surface area contributed by atoms with Crippen molar-refractivity contribution in [1.29, 1.82) is 0 Å². The number of hydrogen-bond acceptors (Lipinski definition) is 3. The van der Waals surface area contributed by atoms with Crippen LogP contribution in [0.2, 0.25) is 0 Å². The van der Waals surface area contributed by atoms with Crippen LogP contribution < -0.4 is 10.2 Å². The van der Waals surface area contributed by atoms with Crippen molar-refractivity contribution in [2.45, 2.75) is 33.7 Å². The average Bonchev–Trinajstić information content (AvgIpc) is 2.52. The fraction of sp³-hybridized carbons (Fsp3) is 0.500. The molecule has 1 aromatic heterocycles. The Bertz CT molecular complexity index is 580. The highest BCUT2D eigenvalue weighted by atomic mass is 15.2. The summed E-state index contributed by atoms with van der Waals surface area (Å²) in [6, 6.07) is 10.6. The maximum absolute atomic E-state index is 4.87. The highest BCUT2D eigenvalue weighted by molar-refractivity contribution is 5.84. The number of pyridine rings is 1. The summed E-state index contributed by atoms with van der Waals surface area (Å²) >= 11 is 0. The SMILES string of the molecule is CCC(C)CN(CC)c1cc(CNC)c2ccccc2n1. The lowest BCUT2D eigenvalue weighted by Crippen LogP contribution is -2.29. The van der Waals surface area contributed by atoms with Gasteiger partial charge in [-0.15, -0.1) is 0 Å². The highest BCUT2D eigenvalue weighted by Gasteiger charge is 2.12. The fourth-order valence-electron chi connectivity index (χ4n) is 2.62. The Morgan fingerprint density at radius 2 is 2.00 bits per heavy atom. The number of hydrogen-bond donors (Lipinski definition) is 1. The molecule has 0 aliphatic carbocycles. The van der Waals surface area contributed by atoms with Crippen molar-refractivity contribution >= 4 is 16.7 Å². The number of anilines is 1. The van der Waals surface area contributed by atoms with Gasteiger partial charge in [0.2, 0.25) is 0 Å². The molecule has 0 saturated carbocycles. The molecule has 1 aromatic carbocycles. The Labute approximate surface area is 128 Å². The summed E-state index contributed by atoms with van der Waals surface area (Å²) in [5.41, 5.74) is 2.41. The molecule has 114 valence electrons. The van der Waals surface area contributed by atoms with Crippen molar-refractivity contribution in [3.05, 3.63) is 35.9 Å². The maximum Gasteiger partial charge on any atom is 0.129 e. The van der Waals surface area contributed by atoms with Crippen molar-refractivity contribution in [3.63, 3.8) is 0 Å². The first-order chi connectivity index (χ1) is 10.2. The Hall–Kier alpha value is -1.61. The predicted molar refractivity (Wildman–Crippen MR) is 91.8 cm³/mol. The molecule has 1 atom stereocenters. The van der Waals surface area contributed by atoms with Gasteiger partial charge in [0.25, 0.3) is 0 Å². The van der Waals surface area contributed by atoms with Crippen LogP contribution in [0.4, 0.5) is 5.82 Å². The summed E-state index contributed by atoms with van der Waals surface area (Å²) in [5, 5.41) is 4.51. The van der Waals surface area contributed by atoms with E-state index in [-0.39, 0.29) is 0 Å². The Morgan fingerprint density at radius 3 is 2.67 bits per heavy atom. The lowest BCUT2D eigenvalue weighted by Gasteiger charge is -2.26. The Kier molecular flexibility index (Phi) is 5.57. The van der Waals surface area contributed by atoms with Gasteiger partial charge in [0.1, 0.15) is 5.82 Å². The molecule has 2 rings (SSSR count). The van der Waals surface area contributed by atoms with Crippen molar-refractivity contribution in [1.82, 2.24) is 10.3 Å². The average molecular weight is 285 g/mol. The van der Waals surface area contributed by atoms with Crippen molar-refractivity contribution in [2.24, 2.45) is 5.92 Å². The molecule has 3 heteroatoms. The van der Waals surface area contributed by atoms with Crippen LogP contribution in [0.3, 0.4) is 0 Å². The van der Waals surface area contributed by atoms with Crippen LogP contribution in [-0.4, -0.2) is 25.1 Å². The van der Waals surface area contributed by atoms with Crippen molar-refractivity contribution < 1.29 is 0 Å². The van der Waals surface area contributed by atoms with E-state index in [4.69, 9.17) is 4.98 Å². The van der Waals surface area contributed by atoms with E-state index in [1.807, 2.05) is 7.05 Å². The van der Waals surface area contributed by atoms with Crippen molar-refractivity contribution in [2.75, 3.05) is 25.0 Å². The maximum atomic E-state index is 4.87. The second-order valence-corrected chi connectivity index (χ2v) is 5.74. The molecule has 0 amide bonds. The first-order valence-electron chi connectivity index (χ1n) is 7.97. The highest BCUT2D eigenvalue weighted by Crippen LogP contribution is 2.23. The third-order valence-corrected chi connectivity index (χ3v) is 4.09. The molecule has 1 N–H and O–H groups in total. The van der Waals surface area contributed by atoms with Crippen LogP contribution in [0.5, 0.6) is 0 Å². The van der Waals surface area contributed by atoms with E-state index in [1.54, 1.807) is 0 Å². The summed E-state index contributed by atoms with van der Waals surface area (Å²) in [5.74, 6) is 1.78. The predicted octanol–water partition coefficient (Wildman–Crippen LogP) is 3.83. The first kappa shape index (κ1) is 15.8. The molecule has 0 spiro atoms. The van der Waals surface area contributed by atoms with Gasteiger partial charge in [0, 0.05) is 25.0 Å². The van der Waals surface area contributed by atoms with Crippen LogP contribution in [-0.2, 0) is 6.54 Å². The summed E-state index contributed by atoms with van der Waals surface area (Å²) in [7, 11) is 1.99. The largest absolute Gasteiger partial charge is 0.357 e. The van der Waals surface area contributed by atoms with Crippen LogP contribution in [0.15, 0.2) is 30.3 Å². The molecule has 0 saturated heterocycles. The number of fused-ring (bicyclic) bond motifs is 1. The van der Waals surface area contributed by atoms with Crippen LogP contribution in [0.1, 0.15) is 32.8 Å². The van der Waals surface area contributed by atoms with E-state index in [0.29, 0.717) is 5.92 Å². The van der Waals surface area contributed by atoms with Crippen LogP contribution in [0, 0.1) is 5.92 Å². The quantitative estimate of drug-likeness (QED) is 0.838. The second-order valence-electron chi connectivity index (χ2n) is 5.74. The molecule has 2 aromatic rings. The van der Waals surface area contributed by atoms with Gasteiger partial charge in [-0.25, -0.2) is 4.98 Å². The lowest BCUT2D eigenvalue weighted by atomic mass is 10.1. The van der Waals surface area contributed by atoms with Crippen molar-refractivity contribution in [3.8, 4) is 0 Å². The summed E-state index contributed by atoms with van der Waals surface area (Å²) < 4.78 is 0. The zero-order valence-corrected chi connectivity index (χ0v) is 13.7. The van der Waals surface area contributed by atoms with Gasteiger partial charge >= 0.3 is 0 Å². The summed E-state index contributed by atoms with van der Waals surface area (Å²) in [6.45, 7) is 9.69. The molecule has 21 heavy (non-hydrogen) atoms. The third kappa shape index (κ3) is 3.73. The minimum Gasteiger partial charge on any atom is -0.357 e. The summed E-state index contributed by atoms with van der Waals surface area (Å²) in [6.07, 6.45) is 1.20. The fourth-order valence-corrected chi connectivity index (χ4v) is 2.62. The molecule has 0 fully saturated rings. The molecule has 0 aliphatic heterocycles. The van der Waals surface area contributed by atoms with Gasteiger partial charge in [-0.05, 0) is 37.6 Å². The number of nitrogens with one attached hydrogen (secondary N) is 1. The van der Waals surface area contributed by atoms with E-state index in [2.05, 4.69) is 61.3 Å². The third-order valence-electron chi connectivity index (χ3n) is 4.09. The molecule has 3 nitrogen and oxygen atoms in total. The number of nitrogens with zero attached hydrogens (tertiary/aromatic N) is 2. The molecular formula is C18H27N3. The topological polar surface area (TPSA) is 28.2 Å². The van der Waals surface area contributed by atoms with Gasteiger partial charge in [-0.1, -0.05) is 38.5 Å². The van der Waals surface area contributed by atoms with Gasteiger partial charge in [0.15, 0.2) is 0 Å². The minimum atomic E-state index is 0.686. The molecule has 0 aliphatic rings. The first-order valence-corrected chi connectivity index (χ1v) is 7.97. The number of rotatable bonds is 7. The van der Waals surface area contributed by atoms with Gasteiger partial charge in [0.05, 0.1) is 5.52 Å². The van der Waals surface area contributed by atoms with Gasteiger partial charge < -0.3 is 10.2 Å². The Morgan fingerprint density at radius 1 is 1.24 bits per heavy atom. The molecule has 0 bridgehead atoms. The van der Waals surface area contributed by atoms with E-state index in [0.717, 1.165) is 31.0 Å². The van der Waals surface area contributed by atoms with E-state index in [1.165, 1.54) is 17.4 Å².